The monoisotopic (exact) mass is 265 g/mol. The number of aromatic nitrogens is 2. The van der Waals surface area contributed by atoms with Gasteiger partial charge >= 0.3 is 0 Å². The van der Waals surface area contributed by atoms with Crippen LogP contribution in [-0.4, -0.2) is 68.4 Å². The van der Waals surface area contributed by atoms with Crippen molar-refractivity contribution in [3.05, 3.63) is 18.0 Å². The van der Waals surface area contributed by atoms with Crippen LogP contribution in [0.3, 0.4) is 0 Å². The van der Waals surface area contributed by atoms with E-state index in [9.17, 15) is 0 Å². The average molecular weight is 265 g/mol. The van der Waals surface area contributed by atoms with Crippen LogP contribution >= 0.6 is 0 Å². The second-order valence-electron chi connectivity index (χ2n) is 4.97. The Morgan fingerprint density at radius 1 is 1.26 bits per heavy atom. The highest BCUT2D eigenvalue weighted by Gasteiger charge is 2.13. The van der Waals surface area contributed by atoms with Gasteiger partial charge in [0.1, 0.15) is 0 Å². The van der Waals surface area contributed by atoms with Crippen LogP contribution in [0, 0.1) is 0 Å². The molecule has 1 saturated heterocycles. The standard InChI is InChI=1S/C13H23N5O/c1-17(2)4-3-14-9-12-10-15-13(16-11-12)18-5-7-19-8-6-18/h10-11,14H,3-9H2,1-2H3. The molecule has 6 nitrogen and oxygen atoms in total. The second kappa shape index (κ2) is 7.37. The molecular weight excluding hydrogens is 242 g/mol. The van der Waals surface area contributed by atoms with Crippen molar-refractivity contribution in [1.82, 2.24) is 20.2 Å². The van der Waals surface area contributed by atoms with E-state index in [1.165, 1.54) is 0 Å². The Morgan fingerprint density at radius 3 is 2.58 bits per heavy atom. The largest absolute Gasteiger partial charge is 0.378 e. The van der Waals surface area contributed by atoms with Crippen molar-refractivity contribution in [3.63, 3.8) is 0 Å². The Balaban J connectivity index is 1.77. The summed E-state index contributed by atoms with van der Waals surface area (Å²) in [5.74, 6) is 0.806. The predicted molar refractivity (Wildman–Crippen MR) is 75.3 cm³/mol. The molecule has 2 rings (SSSR count). The Hall–Kier alpha value is -1.24. The Labute approximate surface area is 114 Å². The van der Waals surface area contributed by atoms with Crippen LogP contribution in [0.15, 0.2) is 12.4 Å². The van der Waals surface area contributed by atoms with E-state index in [0.717, 1.165) is 57.4 Å². The minimum atomic E-state index is 0.761. The summed E-state index contributed by atoms with van der Waals surface area (Å²) < 4.78 is 5.32. The fourth-order valence-corrected chi connectivity index (χ4v) is 1.90. The Kier molecular flexibility index (Phi) is 5.50. The molecule has 1 N–H and O–H groups in total. The van der Waals surface area contributed by atoms with Crippen LogP contribution in [0.4, 0.5) is 5.95 Å². The SMILES string of the molecule is CN(C)CCNCc1cnc(N2CCOCC2)nc1. The van der Waals surface area contributed by atoms with Gasteiger partial charge < -0.3 is 19.9 Å². The van der Waals surface area contributed by atoms with E-state index in [1.54, 1.807) is 0 Å². The minimum absolute atomic E-state index is 0.761. The number of hydrogen-bond acceptors (Lipinski definition) is 6. The van der Waals surface area contributed by atoms with Gasteiger partial charge in [0.25, 0.3) is 0 Å². The summed E-state index contributed by atoms with van der Waals surface area (Å²) in [5, 5.41) is 3.38. The van der Waals surface area contributed by atoms with E-state index >= 15 is 0 Å². The van der Waals surface area contributed by atoms with E-state index in [1.807, 2.05) is 12.4 Å². The lowest BCUT2D eigenvalue weighted by Crippen LogP contribution is -2.37. The lowest BCUT2D eigenvalue weighted by Gasteiger charge is -2.26. The highest BCUT2D eigenvalue weighted by atomic mass is 16.5. The van der Waals surface area contributed by atoms with E-state index in [-0.39, 0.29) is 0 Å². The Bertz CT molecular complexity index is 362. The number of hydrogen-bond donors (Lipinski definition) is 1. The third kappa shape index (κ3) is 4.74. The maximum atomic E-state index is 5.32. The van der Waals surface area contributed by atoms with Gasteiger partial charge in [-0.25, -0.2) is 9.97 Å². The molecule has 0 radical (unpaired) electrons. The number of anilines is 1. The van der Waals surface area contributed by atoms with Crippen molar-refractivity contribution in [2.75, 3.05) is 58.4 Å². The molecule has 0 aliphatic carbocycles. The third-order valence-electron chi connectivity index (χ3n) is 3.05. The highest BCUT2D eigenvalue weighted by Crippen LogP contribution is 2.09. The molecule has 1 aliphatic heterocycles. The van der Waals surface area contributed by atoms with Crippen molar-refractivity contribution < 1.29 is 4.74 Å². The zero-order valence-electron chi connectivity index (χ0n) is 11.8. The van der Waals surface area contributed by atoms with Crippen LogP contribution in [0.2, 0.25) is 0 Å². The predicted octanol–water partition coefficient (Wildman–Crippen LogP) is -0.0356. The van der Waals surface area contributed by atoms with Crippen molar-refractivity contribution in [1.29, 1.82) is 0 Å². The van der Waals surface area contributed by atoms with E-state index in [0.29, 0.717) is 0 Å². The van der Waals surface area contributed by atoms with E-state index in [4.69, 9.17) is 4.74 Å². The molecule has 19 heavy (non-hydrogen) atoms. The fraction of sp³-hybridized carbons (Fsp3) is 0.692. The fourth-order valence-electron chi connectivity index (χ4n) is 1.90. The smallest absolute Gasteiger partial charge is 0.225 e. The minimum Gasteiger partial charge on any atom is -0.378 e. The maximum Gasteiger partial charge on any atom is 0.225 e. The normalized spacial score (nSPS) is 16.1. The molecule has 1 aromatic rings. The molecule has 6 heteroatoms. The molecule has 2 heterocycles. The number of ether oxygens (including phenoxy) is 1. The van der Waals surface area contributed by atoms with Crippen molar-refractivity contribution in [2.45, 2.75) is 6.54 Å². The first-order valence-corrected chi connectivity index (χ1v) is 6.75. The number of nitrogens with one attached hydrogen (secondary N) is 1. The molecule has 0 spiro atoms. The molecule has 1 fully saturated rings. The zero-order chi connectivity index (χ0) is 13.5. The summed E-state index contributed by atoms with van der Waals surface area (Å²) in [7, 11) is 4.14. The summed E-state index contributed by atoms with van der Waals surface area (Å²) in [6.07, 6.45) is 3.81. The quantitative estimate of drug-likeness (QED) is 0.729. The molecule has 0 aromatic carbocycles. The van der Waals surface area contributed by atoms with Gasteiger partial charge in [-0.15, -0.1) is 0 Å². The first kappa shape index (κ1) is 14.2. The molecule has 106 valence electrons. The second-order valence-corrected chi connectivity index (χ2v) is 4.97. The molecule has 0 unspecified atom stereocenters. The van der Waals surface area contributed by atoms with Gasteiger partial charge in [0.2, 0.25) is 5.95 Å². The van der Waals surface area contributed by atoms with Crippen molar-refractivity contribution in [2.24, 2.45) is 0 Å². The van der Waals surface area contributed by atoms with Crippen LogP contribution in [0.25, 0.3) is 0 Å². The molecule has 0 bridgehead atoms. The zero-order valence-corrected chi connectivity index (χ0v) is 11.8. The molecule has 0 atom stereocenters. The number of rotatable bonds is 6. The molecule has 0 saturated carbocycles. The van der Waals surface area contributed by atoms with Crippen molar-refractivity contribution in [3.8, 4) is 0 Å². The molecule has 1 aliphatic rings. The highest BCUT2D eigenvalue weighted by molar-refractivity contribution is 5.30. The first-order chi connectivity index (χ1) is 9.25. The third-order valence-corrected chi connectivity index (χ3v) is 3.05. The summed E-state index contributed by atoms with van der Waals surface area (Å²) in [6, 6.07) is 0. The number of nitrogens with zero attached hydrogens (tertiary/aromatic N) is 4. The molecule has 1 aromatic heterocycles. The maximum absolute atomic E-state index is 5.32. The average Bonchev–Trinajstić information content (AvgIpc) is 2.45. The summed E-state index contributed by atoms with van der Waals surface area (Å²) in [4.78, 5) is 13.2. The van der Waals surface area contributed by atoms with Crippen molar-refractivity contribution >= 4 is 5.95 Å². The van der Waals surface area contributed by atoms with Crippen LogP contribution in [0.5, 0.6) is 0 Å². The first-order valence-electron chi connectivity index (χ1n) is 6.75. The van der Waals surface area contributed by atoms with Gasteiger partial charge in [0.05, 0.1) is 13.2 Å². The summed E-state index contributed by atoms with van der Waals surface area (Å²) in [6.45, 7) is 6.09. The van der Waals surface area contributed by atoms with Gasteiger partial charge in [-0.05, 0) is 14.1 Å². The van der Waals surface area contributed by atoms with Gasteiger partial charge in [0, 0.05) is 50.7 Å². The molecule has 0 amide bonds. The summed E-state index contributed by atoms with van der Waals surface area (Å²) in [5.41, 5.74) is 1.12. The lowest BCUT2D eigenvalue weighted by atomic mass is 10.3. The van der Waals surface area contributed by atoms with E-state index in [2.05, 4.69) is 39.2 Å². The number of likely N-dealkylation sites (N-methyl/N-ethyl adjacent to an activating group) is 1. The van der Waals surface area contributed by atoms with Gasteiger partial charge in [-0.3, -0.25) is 0 Å². The summed E-state index contributed by atoms with van der Waals surface area (Å²) >= 11 is 0. The molecular formula is C13H23N5O. The van der Waals surface area contributed by atoms with Crippen LogP contribution in [0.1, 0.15) is 5.56 Å². The topological polar surface area (TPSA) is 53.5 Å². The Morgan fingerprint density at radius 2 is 1.95 bits per heavy atom. The van der Waals surface area contributed by atoms with Gasteiger partial charge in [0.15, 0.2) is 0 Å². The lowest BCUT2D eigenvalue weighted by molar-refractivity contribution is 0.122. The number of morpholine rings is 1. The van der Waals surface area contributed by atoms with Gasteiger partial charge in [-0.2, -0.15) is 0 Å². The van der Waals surface area contributed by atoms with Crippen LogP contribution in [-0.2, 0) is 11.3 Å². The van der Waals surface area contributed by atoms with Crippen LogP contribution < -0.4 is 10.2 Å². The van der Waals surface area contributed by atoms with Gasteiger partial charge in [-0.1, -0.05) is 0 Å². The van der Waals surface area contributed by atoms with E-state index < -0.39 is 0 Å².